The molecule has 0 spiro atoms. The summed E-state index contributed by atoms with van der Waals surface area (Å²) in [6, 6.07) is 0. The molecule has 0 atom stereocenters. The number of hydrogen-bond donors (Lipinski definition) is 2. The lowest BCUT2D eigenvalue weighted by atomic mass is 10.1. The minimum Gasteiger partial charge on any atom is -0.481 e. The van der Waals surface area contributed by atoms with Crippen molar-refractivity contribution in [3.8, 4) is 0 Å². The predicted molar refractivity (Wildman–Crippen MR) is 216 cm³/mol. The van der Waals surface area contributed by atoms with E-state index < -0.39 is 5.97 Å². The lowest BCUT2D eigenvalue weighted by molar-refractivity contribution is -0.138. The first-order valence-corrected chi connectivity index (χ1v) is 21.6. The molecule has 0 aliphatic carbocycles. The van der Waals surface area contributed by atoms with Crippen LogP contribution in [0.3, 0.4) is 0 Å². The molecule has 0 fully saturated rings. The van der Waals surface area contributed by atoms with E-state index in [-0.39, 0.29) is 18.7 Å². The van der Waals surface area contributed by atoms with Crippen LogP contribution in [0.5, 0.6) is 0 Å². The van der Waals surface area contributed by atoms with Crippen LogP contribution in [0.2, 0.25) is 0 Å². The van der Waals surface area contributed by atoms with Gasteiger partial charge in [0.2, 0.25) is 5.91 Å². The molecule has 340 valence electrons. The largest absolute Gasteiger partial charge is 0.481 e. The fourth-order valence-corrected chi connectivity index (χ4v) is 4.92. The van der Waals surface area contributed by atoms with Gasteiger partial charge in [-0.15, -0.1) is 0 Å². The van der Waals surface area contributed by atoms with Gasteiger partial charge in [0.1, 0.15) is 0 Å². The Hall–Kier alpha value is -1.54. The van der Waals surface area contributed by atoms with Crippen LogP contribution in [0.25, 0.3) is 0 Å². The average molecular weight is 828 g/mol. The number of rotatable bonds is 51. The Balaban J connectivity index is 3.08. The highest BCUT2D eigenvalue weighted by molar-refractivity contribution is 5.80. The molecular weight excluding hydrogens is 746 g/mol. The number of ether oxygens (including phenoxy) is 12. The number of hydrogen-bond acceptors (Lipinski definition) is 14. The van der Waals surface area contributed by atoms with Crippen LogP contribution in [-0.2, 0) is 66.4 Å². The first-order chi connectivity index (χ1) is 28.2. The number of aliphatic carboxylic acids is 1. The first-order valence-electron chi connectivity index (χ1n) is 21.6. The second kappa shape index (κ2) is 50.6. The van der Waals surface area contributed by atoms with E-state index in [0.29, 0.717) is 165 Å². The fourth-order valence-electron chi connectivity index (χ4n) is 4.92. The maximum Gasteiger partial charge on any atom is 0.303 e. The van der Waals surface area contributed by atoms with Crippen LogP contribution >= 0.6 is 0 Å². The summed E-state index contributed by atoms with van der Waals surface area (Å²) in [5, 5.41) is 11.2. The van der Waals surface area contributed by atoms with E-state index in [4.69, 9.17) is 61.9 Å². The van der Waals surface area contributed by atoms with Gasteiger partial charge >= 0.3 is 5.97 Å². The second-order valence-corrected chi connectivity index (χ2v) is 13.1. The first kappa shape index (κ1) is 55.5. The zero-order valence-electron chi connectivity index (χ0n) is 35.5. The van der Waals surface area contributed by atoms with Crippen molar-refractivity contribution in [2.45, 2.75) is 90.4 Å². The minimum absolute atomic E-state index is 0.0100. The van der Waals surface area contributed by atoms with E-state index in [1.807, 2.05) is 0 Å². The summed E-state index contributed by atoms with van der Waals surface area (Å²) >= 11 is 0. The van der Waals surface area contributed by atoms with E-state index >= 15 is 0 Å². The van der Waals surface area contributed by atoms with Gasteiger partial charge in [0.05, 0.1) is 152 Å². The molecule has 0 unspecified atom stereocenters. The topological polar surface area (TPSA) is 177 Å². The quantitative estimate of drug-likeness (QED) is 0.0821. The zero-order chi connectivity index (χ0) is 41.2. The Morgan fingerprint density at radius 3 is 0.860 bits per heavy atom. The summed E-state index contributed by atoms with van der Waals surface area (Å²) in [6.45, 7) is 15.2. The van der Waals surface area contributed by atoms with Crippen molar-refractivity contribution in [3.05, 3.63) is 0 Å². The minimum atomic E-state index is -0.982. The summed E-state index contributed by atoms with van der Waals surface area (Å²) in [7, 11) is 0. The van der Waals surface area contributed by atoms with Gasteiger partial charge in [0.15, 0.2) is 0 Å². The van der Waals surface area contributed by atoms with Crippen molar-refractivity contribution in [2.75, 3.05) is 165 Å². The highest BCUT2D eigenvalue weighted by atomic mass is 16.6. The summed E-state index contributed by atoms with van der Waals surface area (Å²) in [4.78, 5) is 21.8. The number of amides is 1. The SMILES string of the molecule is CCCCCCCCCCCCOCCOCCOCCOCCOCCOCCOCCOCCOCCOCCOCCOCCCNC(=O)CCC(=O)O. The van der Waals surface area contributed by atoms with E-state index in [2.05, 4.69) is 12.2 Å². The lowest BCUT2D eigenvalue weighted by Gasteiger charge is -2.09. The summed E-state index contributed by atoms with van der Waals surface area (Å²) < 4.78 is 66.0. The van der Waals surface area contributed by atoms with Gasteiger partial charge in [-0.1, -0.05) is 64.7 Å². The van der Waals surface area contributed by atoms with Crippen LogP contribution in [0.4, 0.5) is 0 Å². The van der Waals surface area contributed by atoms with Crippen LogP contribution < -0.4 is 5.32 Å². The number of carbonyl (C=O) groups excluding carboxylic acids is 1. The van der Waals surface area contributed by atoms with Crippen molar-refractivity contribution < 1.29 is 71.5 Å². The normalized spacial score (nSPS) is 11.5. The van der Waals surface area contributed by atoms with Crippen LogP contribution in [0, 0.1) is 0 Å². The number of carboxylic acid groups (broad SMARTS) is 1. The monoisotopic (exact) mass is 828 g/mol. The van der Waals surface area contributed by atoms with Crippen molar-refractivity contribution in [2.24, 2.45) is 0 Å². The number of carbonyl (C=O) groups is 2. The third kappa shape index (κ3) is 52.4. The van der Waals surface area contributed by atoms with Gasteiger partial charge in [-0.3, -0.25) is 9.59 Å². The molecule has 0 aliphatic heterocycles. The van der Waals surface area contributed by atoms with E-state index in [1.54, 1.807) is 0 Å². The molecule has 2 N–H and O–H groups in total. The third-order valence-corrected chi connectivity index (χ3v) is 8.09. The van der Waals surface area contributed by atoms with E-state index in [9.17, 15) is 9.59 Å². The molecular formula is C41H81NO15. The van der Waals surface area contributed by atoms with Crippen LogP contribution in [0.15, 0.2) is 0 Å². The molecule has 16 nitrogen and oxygen atoms in total. The number of nitrogens with one attached hydrogen (secondary N) is 1. The highest BCUT2D eigenvalue weighted by Gasteiger charge is 2.04. The molecule has 0 aromatic heterocycles. The Morgan fingerprint density at radius 2 is 0.579 bits per heavy atom. The molecule has 0 saturated carbocycles. The Morgan fingerprint density at radius 1 is 0.333 bits per heavy atom. The van der Waals surface area contributed by atoms with Crippen molar-refractivity contribution in [1.82, 2.24) is 5.32 Å². The summed E-state index contributed by atoms with van der Waals surface area (Å²) in [5.74, 6) is -1.25. The molecule has 57 heavy (non-hydrogen) atoms. The molecule has 0 heterocycles. The Bertz CT molecular complexity index is 799. The predicted octanol–water partition coefficient (Wildman–Crippen LogP) is 4.48. The summed E-state index contributed by atoms with van der Waals surface area (Å²) in [5.41, 5.74) is 0. The standard InChI is InChI=1S/C41H81NO15/c1-2-3-4-5-6-7-8-9-10-11-16-46-18-20-48-22-24-50-26-28-52-30-32-54-34-36-56-38-39-57-37-35-55-33-31-53-29-27-51-25-23-49-21-19-47-17-12-15-42-40(43)13-14-41(44)45/h2-39H2,1H3,(H,42,43)(H,44,45). The average Bonchev–Trinajstić information content (AvgIpc) is 3.21. The van der Waals surface area contributed by atoms with Gasteiger partial charge in [0.25, 0.3) is 0 Å². The van der Waals surface area contributed by atoms with E-state index in [1.165, 1.54) is 57.8 Å². The molecule has 16 heteroatoms. The molecule has 0 aromatic carbocycles. The summed E-state index contributed by atoms with van der Waals surface area (Å²) in [6.07, 6.45) is 13.8. The zero-order valence-corrected chi connectivity index (χ0v) is 35.5. The maximum absolute atomic E-state index is 11.4. The number of carboxylic acids is 1. The van der Waals surface area contributed by atoms with E-state index in [0.717, 1.165) is 13.0 Å². The third-order valence-electron chi connectivity index (χ3n) is 8.09. The molecule has 0 rings (SSSR count). The molecule has 0 radical (unpaired) electrons. The van der Waals surface area contributed by atoms with Crippen LogP contribution in [-0.4, -0.2) is 182 Å². The maximum atomic E-state index is 11.4. The molecule has 1 amide bonds. The Labute approximate surface area is 343 Å². The molecule has 0 aromatic rings. The van der Waals surface area contributed by atoms with Gasteiger partial charge in [-0.2, -0.15) is 0 Å². The Kier molecular flexibility index (Phi) is 49.2. The molecule has 0 bridgehead atoms. The molecule has 0 aliphatic rings. The van der Waals surface area contributed by atoms with Gasteiger partial charge in [0, 0.05) is 26.2 Å². The van der Waals surface area contributed by atoms with Crippen molar-refractivity contribution >= 4 is 11.9 Å². The highest BCUT2D eigenvalue weighted by Crippen LogP contribution is 2.10. The van der Waals surface area contributed by atoms with Crippen LogP contribution in [0.1, 0.15) is 90.4 Å². The molecule has 0 saturated heterocycles. The smallest absolute Gasteiger partial charge is 0.303 e. The van der Waals surface area contributed by atoms with Gasteiger partial charge in [-0.25, -0.2) is 0 Å². The van der Waals surface area contributed by atoms with Gasteiger partial charge in [-0.05, 0) is 12.8 Å². The second-order valence-electron chi connectivity index (χ2n) is 13.1. The van der Waals surface area contributed by atoms with Gasteiger partial charge < -0.3 is 67.3 Å². The lowest BCUT2D eigenvalue weighted by Crippen LogP contribution is -2.25. The van der Waals surface area contributed by atoms with Crippen molar-refractivity contribution in [3.63, 3.8) is 0 Å². The fraction of sp³-hybridized carbons (Fsp3) is 0.951. The van der Waals surface area contributed by atoms with Crippen molar-refractivity contribution in [1.29, 1.82) is 0 Å². The number of unbranched alkanes of at least 4 members (excludes halogenated alkanes) is 9.